The van der Waals surface area contributed by atoms with Crippen molar-refractivity contribution < 1.29 is 17.6 Å². The molecule has 7 nitrogen and oxygen atoms in total. The van der Waals surface area contributed by atoms with Gasteiger partial charge in [0.15, 0.2) is 0 Å². The van der Waals surface area contributed by atoms with Crippen molar-refractivity contribution >= 4 is 32.6 Å². The molecule has 4 rings (SSSR count). The molecule has 2 aromatic carbocycles. The molecular formula is C22H22N2O5S. The summed E-state index contributed by atoms with van der Waals surface area (Å²) in [4.78, 5) is 24.9. The van der Waals surface area contributed by atoms with Crippen molar-refractivity contribution in [2.75, 3.05) is 17.6 Å². The zero-order valence-electron chi connectivity index (χ0n) is 16.6. The van der Waals surface area contributed by atoms with Crippen LogP contribution in [0.1, 0.15) is 34.8 Å². The van der Waals surface area contributed by atoms with Crippen LogP contribution in [0.3, 0.4) is 0 Å². The molecule has 1 aromatic heterocycles. The van der Waals surface area contributed by atoms with E-state index >= 15 is 0 Å². The summed E-state index contributed by atoms with van der Waals surface area (Å²) in [6, 6.07) is 13.9. The third kappa shape index (κ3) is 4.01. The van der Waals surface area contributed by atoms with Crippen LogP contribution in [0.25, 0.3) is 11.0 Å². The predicted molar refractivity (Wildman–Crippen MR) is 115 cm³/mol. The maximum absolute atomic E-state index is 12.7. The highest BCUT2D eigenvalue weighted by Gasteiger charge is 2.26. The first-order chi connectivity index (χ1) is 14.4. The Bertz CT molecular complexity index is 1280. The minimum absolute atomic E-state index is 0.0847. The highest BCUT2D eigenvalue weighted by molar-refractivity contribution is 7.89. The van der Waals surface area contributed by atoms with Crippen molar-refractivity contribution in [3.05, 3.63) is 75.6 Å². The molecule has 0 spiro atoms. The minimum Gasteiger partial charge on any atom is -0.422 e. The van der Waals surface area contributed by atoms with E-state index in [9.17, 15) is 18.0 Å². The number of nitrogens with zero attached hydrogens (tertiary/aromatic N) is 1. The third-order valence-corrected chi connectivity index (χ3v) is 7.21. The minimum atomic E-state index is -3.29. The monoisotopic (exact) mass is 426 g/mol. The van der Waals surface area contributed by atoms with Gasteiger partial charge in [-0.25, -0.2) is 13.2 Å². The molecule has 0 saturated heterocycles. The largest absolute Gasteiger partial charge is 0.422 e. The number of hydrogen-bond donors (Lipinski definition) is 1. The smallest absolute Gasteiger partial charge is 0.349 e. The summed E-state index contributed by atoms with van der Waals surface area (Å²) >= 11 is 0. The van der Waals surface area contributed by atoms with Gasteiger partial charge in [0.05, 0.1) is 5.75 Å². The molecule has 1 amide bonds. The van der Waals surface area contributed by atoms with E-state index in [1.165, 1.54) is 10.4 Å². The number of hydrogen-bond acceptors (Lipinski definition) is 5. The van der Waals surface area contributed by atoms with Crippen molar-refractivity contribution in [2.24, 2.45) is 0 Å². The van der Waals surface area contributed by atoms with E-state index in [0.717, 1.165) is 11.1 Å². The Morgan fingerprint density at radius 1 is 1.13 bits per heavy atom. The second-order valence-electron chi connectivity index (χ2n) is 7.32. The molecule has 8 heteroatoms. The van der Waals surface area contributed by atoms with E-state index in [1.807, 2.05) is 13.0 Å². The average molecular weight is 426 g/mol. The summed E-state index contributed by atoms with van der Waals surface area (Å²) in [7, 11) is -3.29. The summed E-state index contributed by atoms with van der Waals surface area (Å²) in [5, 5.41) is 3.38. The molecule has 2 heterocycles. The number of amides is 1. The van der Waals surface area contributed by atoms with Gasteiger partial charge in [-0.05, 0) is 48.2 Å². The van der Waals surface area contributed by atoms with Crippen LogP contribution in [-0.4, -0.2) is 30.9 Å². The lowest BCUT2D eigenvalue weighted by Crippen LogP contribution is -2.37. The van der Waals surface area contributed by atoms with Gasteiger partial charge < -0.3 is 9.73 Å². The highest BCUT2D eigenvalue weighted by atomic mass is 32.2. The van der Waals surface area contributed by atoms with Crippen molar-refractivity contribution in [3.8, 4) is 0 Å². The molecule has 0 saturated carbocycles. The summed E-state index contributed by atoms with van der Waals surface area (Å²) in [5.41, 5.74) is 2.03. The van der Waals surface area contributed by atoms with Gasteiger partial charge in [-0.1, -0.05) is 31.2 Å². The van der Waals surface area contributed by atoms with Crippen LogP contribution in [0.2, 0.25) is 0 Å². The number of carbonyl (C=O) groups is 1. The molecule has 30 heavy (non-hydrogen) atoms. The standard InChI is InChI=1S/C22H22N2O5S/c1-2-11-30(27,28)24-10-9-15-7-8-18(12-17(15)14-24)23-21(25)19-13-16-5-3-4-6-20(16)29-22(19)26/h3-8,12-13H,2,9-11,14H2,1H3,(H,23,25). The molecule has 1 aliphatic heterocycles. The van der Waals surface area contributed by atoms with Crippen LogP contribution in [0, 0.1) is 0 Å². The zero-order valence-corrected chi connectivity index (χ0v) is 17.4. The summed E-state index contributed by atoms with van der Waals surface area (Å²) in [6.07, 6.45) is 1.19. The van der Waals surface area contributed by atoms with Gasteiger partial charge in [0, 0.05) is 24.2 Å². The lowest BCUT2D eigenvalue weighted by molar-refractivity contribution is 0.102. The van der Waals surface area contributed by atoms with Crippen molar-refractivity contribution in [1.29, 1.82) is 0 Å². The zero-order chi connectivity index (χ0) is 21.3. The van der Waals surface area contributed by atoms with Crippen LogP contribution in [0.5, 0.6) is 0 Å². The number of benzene rings is 2. The van der Waals surface area contributed by atoms with E-state index in [0.29, 0.717) is 36.0 Å². The Labute approximate surface area is 174 Å². The van der Waals surface area contributed by atoms with E-state index in [2.05, 4.69) is 5.32 Å². The normalized spacial score (nSPS) is 14.4. The Balaban J connectivity index is 1.57. The van der Waals surface area contributed by atoms with Gasteiger partial charge in [0.25, 0.3) is 5.91 Å². The Morgan fingerprint density at radius 2 is 1.93 bits per heavy atom. The van der Waals surface area contributed by atoms with Gasteiger partial charge in [0.2, 0.25) is 10.0 Å². The number of nitrogens with one attached hydrogen (secondary N) is 1. The number of rotatable bonds is 5. The van der Waals surface area contributed by atoms with Gasteiger partial charge in [-0.15, -0.1) is 0 Å². The number of sulfonamides is 1. The van der Waals surface area contributed by atoms with Gasteiger partial charge in [0.1, 0.15) is 11.1 Å². The second-order valence-corrected chi connectivity index (χ2v) is 9.41. The van der Waals surface area contributed by atoms with Crippen LogP contribution in [0.4, 0.5) is 5.69 Å². The molecule has 0 bridgehead atoms. The van der Waals surface area contributed by atoms with Gasteiger partial charge in [-0.2, -0.15) is 4.31 Å². The van der Waals surface area contributed by atoms with Crippen molar-refractivity contribution in [1.82, 2.24) is 4.31 Å². The number of carbonyl (C=O) groups excluding carboxylic acids is 1. The highest BCUT2D eigenvalue weighted by Crippen LogP contribution is 2.25. The molecule has 0 fully saturated rings. The molecule has 0 aliphatic carbocycles. The average Bonchev–Trinajstić information content (AvgIpc) is 2.72. The maximum atomic E-state index is 12.7. The Hall–Kier alpha value is -2.97. The predicted octanol–water partition coefficient (Wildman–Crippen LogP) is 3.14. The Morgan fingerprint density at radius 3 is 2.73 bits per heavy atom. The van der Waals surface area contributed by atoms with Crippen molar-refractivity contribution in [3.63, 3.8) is 0 Å². The van der Waals surface area contributed by atoms with Gasteiger partial charge in [-0.3, -0.25) is 4.79 Å². The third-order valence-electron chi connectivity index (χ3n) is 5.18. The fourth-order valence-corrected chi connectivity index (χ4v) is 5.13. The summed E-state index contributed by atoms with van der Waals surface area (Å²) in [5.74, 6) is -0.447. The van der Waals surface area contributed by atoms with E-state index < -0.39 is 21.6 Å². The van der Waals surface area contributed by atoms with E-state index in [1.54, 1.807) is 36.4 Å². The molecular weight excluding hydrogens is 404 g/mol. The van der Waals surface area contributed by atoms with Crippen LogP contribution >= 0.6 is 0 Å². The maximum Gasteiger partial charge on any atom is 0.349 e. The lowest BCUT2D eigenvalue weighted by Gasteiger charge is -2.28. The van der Waals surface area contributed by atoms with Crippen LogP contribution in [-0.2, 0) is 23.0 Å². The molecule has 0 radical (unpaired) electrons. The van der Waals surface area contributed by atoms with Gasteiger partial charge >= 0.3 is 5.63 Å². The number of fused-ring (bicyclic) bond motifs is 2. The molecule has 1 aliphatic rings. The Kier molecular flexibility index (Phi) is 5.44. The molecule has 1 N–H and O–H groups in total. The summed E-state index contributed by atoms with van der Waals surface area (Å²) < 4.78 is 31.5. The fraction of sp³-hybridized carbons (Fsp3) is 0.273. The molecule has 3 aromatic rings. The summed E-state index contributed by atoms with van der Waals surface area (Å²) in [6.45, 7) is 2.57. The SMILES string of the molecule is CCCS(=O)(=O)N1CCc2ccc(NC(=O)c3cc4ccccc4oc3=O)cc2C1. The second kappa shape index (κ2) is 8.04. The lowest BCUT2D eigenvalue weighted by atomic mass is 10.0. The first kappa shape index (κ1) is 20.3. The molecule has 156 valence electrons. The number of anilines is 1. The first-order valence-corrected chi connectivity index (χ1v) is 11.4. The fourth-order valence-electron chi connectivity index (χ4n) is 3.65. The first-order valence-electron chi connectivity index (χ1n) is 9.81. The quantitative estimate of drug-likeness (QED) is 0.632. The van der Waals surface area contributed by atoms with Crippen molar-refractivity contribution in [2.45, 2.75) is 26.3 Å². The molecule has 0 unspecified atom stereocenters. The number of para-hydroxylation sites is 1. The van der Waals surface area contributed by atoms with Crippen LogP contribution < -0.4 is 10.9 Å². The topological polar surface area (TPSA) is 96.7 Å². The van der Waals surface area contributed by atoms with E-state index in [4.69, 9.17) is 4.42 Å². The van der Waals surface area contributed by atoms with E-state index in [-0.39, 0.29) is 17.9 Å². The molecule has 0 atom stereocenters. The van der Waals surface area contributed by atoms with Crippen LogP contribution in [0.15, 0.2) is 57.7 Å².